The summed E-state index contributed by atoms with van der Waals surface area (Å²) in [5.41, 5.74) is -2.25. The molecule has 0 aromatic carbocycles. The Bertz CT molecular complexity index is 247. The summed E-state index contributed by atoms with van der Waals surface area (Å²) in [5.74, 6) is -4.32. The number of hydrogen-bond acceptors (Lipinski definition) is 2. The van der Waals surface area contributed by atoms with Crippen LogP contribution in [-0.4, -0.2) is 21.7 Å². The Balaban J connectivity index is 4.52. The first-order chi connectivity index (χ1) is 7.02. The van der Waals surface area contributed by atoms with Crippen LogP contribution in [0.25, 0.3) is 0 Å². The third-order valence-electron chi connectivity index (χ3n) is 3.26. The van der Waals surface area contributed by atoms with Gasteiger partial charge in [-0.05, 0) is 31.6 Å². The third kappa shape index (κ3) is 3.44. The van der Waals surface area contributed by atoms with Crippen molar-refractivity contribution in [2.24, 2.45) is 11.8 Å². The van der Waals surface area contributed by atoms with Gasteiger partial charge in [-0.3, -0.25) is 0 Å². The lowest BCUT2D eigenvalue weighted by Crippen LogP contribution is -2.47. The minimum absolute atomic E-state index is 0.0705. The fourth-order valence-corrected chi connectivity index (χ4v) is 1.31. The predicted molar refractivity (Wildman–Crippen MR) is 60.6 cm³/mol. The van der Waals surface area contributed by atoms with Gasteiger partial charge in [0.2, 0.25) is 0 Å². The average Bonchev–Trinajstić information content (AvgIpc) is 2.13. The maximum absolute atomic E-state index is 13.4. The number of aliphatic hydroxyl groups excluding tert-OH is 1. The second-order valence-electron chi connectivity index (χ2n) is 5.05. The van der Waals surface area contributed by atoms with E-state index in [1.807, 2.05) is 20.8 Å². The fraction of sp³-hybridized carbons (Fsp3) is 0.833. The monoisotopic (exact) mass is 236 g/mol. The Hall–Kier alpha value is -0.640. The van der Waals surface area contributed by atoms with Crippen molar-refractivity contribution in [2.45, 2.75) is 52.1 Å². The van der Waals surface area contributed by atoms with E-state index in [-0.39, 0.29) is 12.3 Å². The highest BCUT2D eigenvalue weighted by atomic mass is 19.3. The number of hydrogen-bond donors (Lipinski definition) is 2. The quantitative estimate of drug-likeness (QED) is 0.693. The molecule has 2 atom stereocenters. The molecule has 0 saturated heterocycles. The van der Waals surface area contributed by atoms with Crippen molar-refractivity contribution in [3.05, 3.63) is 12.3 Å². The van der Waals surface area contributed by atoms with Crippen LogP contribution in [-0.2, 0) is 0 Å². The van der Waals surface area contributed by atoms with E-state index in [2.05, 4.69) is 6.58 Å². The Morgan fingerprint density at radius 2 is 1.75 bits per heavy atom. The smallest absolute Gasteiger partial charge is 0.330 e. The largest absolute Gasteiger partial charge is 0.507 e. The van der Waals surface area contributed by atoms with E-state index in [1.165, 1.54) is 0 Å². The molecule has 0 bridgehead atoms. The minimum atomic E-state index is -3.66. The molecule has 2 N–H and O–H groups in total. The molecule has 0 spiro atoms. The van der Waals surface area contributed by atoms with Gasteiger partial charge in [0.1, 0.15) is 5.60 Å². The van der Waals surface area contributed by atoms with E-state index in [9.17, 15) is 13.9 Å². The molecule has 2 nitrogen and oxygen atoms in total. The second kappa shape index (κ2) is 5.13. The average molecular weight is 236 g/mol. The van der Waals surface area contributed by atoms with Gasteiger partial charge in [0.15, 0.2) is 5.76 Å². The van der Waals surface area contributed by atoms with Gasteiger partial charge in [-0.25, -0.2) is 0 Å². The molecule has 0 aromatic rings. The van der Waals surface area contributed by atoms with Crippen LogP contribution in [0.1, 0.15) is 40.5 Å². The molecular weight excluding hydrogens is 214 g/mol. The maximum atomic E-state index is 13.4. The summed E-state index contributed by atoms with van der Waals surface area (Å²) in [6.45, 7) is 9.79. The number of alkyl halides is 2. The summed E-state index contributed by atoms with van der Waals surface area (Å²) in [7, 11) is 0. The van der Waals surface area contributed by atoms with Gasteiger partial charge in [-0.1, -0.05) is 27.4 Å². The molecule has 0 aliphatic rings. The summed E-state index contributed by atoms with van der Waals surface area (Å²) in [6, 6.07) is 0. The molecule has 16 heavy (non-hydrogen) atoms. The van der Waals surface area contributed by atoms with Crippen LogP contribution in [0.15, 0.2) is 12.3 Å². The van der Waals surface area contributed by atoms with E-state index in [4.69, 9.17) is 5.11 Å². The van der Waals surface area contributed by atoms with Crippen LogP contribution in [0.5, 0.6) is 0 Å². The zero-order valence-electron chi connectivity index (χ0n) is 10.4. The molecule has 0 saturated carbocycles. The van der Waals surface area contributed by atoms with Crippen LogP contribution in [0.3, 0.4) is 0 Å². The maximum Gasteiger partial charge on any atom is 0.330 e. The molecule has 0 aliphatic heterocycles. The van der Waals surface area contributed by atoms with Crippen LogP contribution >= 0.6 is 0 Å². The summed E-state index contributed by atoms with van der Waals surface area (Å²) < 4.78 is 26.8. The van der Waals surface area contributed by atoms with Crippen LogP contribution in [0, 0.1) is 11.8 Å². The highest BCUT2D eigenvalue weighted by Gasteiger charge is 2.51. The molecule has 0 radical (unpaired) electrons. The molecule has 96 valence electrons. The zero-order chi connectivity index (χ0) is 13.1. The topological polar surface area (TPSA) is 40.5 Å². The molecule has 0 aromatic heterocycles. The van der Waals surface area contributed by atoms with Crippen molar-refractivity contribution in [3.8, 4) is 0 Å². The molecule has 4 heteroatoms. The van der Waals surface area contributed by atoms with Crippen molar-refractivity contribution in [3.63, 3.8) is 0 Å². The van der Waals surface area contributed by atoms with Crippen molar-refractivity contribution in [1.29, 1.82) is 0 Å². The molecule has 0 aliphatic carbocycles. The van der Waals surface area contributed by atoms with E-state index < -0.39 is 17.3 Å². The Morgan fingerprint density at radius 3 is 2.06 bits per heavy atom. The SMILES string of the molecule is C=C(O)C(F)(F)C(C)(O)CCC(C)C(C)C. The first-order valence-electron chi connectivity index (χ1n) is 5.51. The number of rotatable bonds is 6. The number of aliphatic hydroxyl groups is 2. The summed E-state index contributed by atoms with van der Waals surface area (Å²) in [6.07, 6.45) is 0.409. The van der Waals surface area contributed by atoms with Crippen LogP contribution in [0.4, 0.5) is 8.78 Å². The van der Waals surface area contributed by atoms with Crippen molar-refractivity contribution < 1.29 is 19.0 Å². The highest BCUT2D eigenvalue weighted by Crippen LogP contribution is 2.37. The predicted octanol–water partition coefficient (Wildman–Crippen LogP) is 3.52. The lowest BCUT2D eigenvalue weighted by atomic mass is 9.85. The van der Waals surface area contributed by atoms with Gasteiger partial charge in [0.25, 0.3) is 0 Å². The Labute approximate surface area is 96.0 Å². The van der Waals surface area contributed by atoms with E-state index in [0.29, 0.717) is 12.3 Å². The molecule has 0 fully saturated rings. The summed E-state index contributed by atoms with van der Waals surface area (Å²) in [5, 5.41) is 18.5. The van der Waals surface area contributed by atoms with E-state index >= 15 is 0 Å². The van der Waals surface area contributed by atoms with Gasteiger partial charge in [-0.15, -0.1) is 0 Å². The van der Waals surface area contributed by atoms with Crippen molar-refractivity contribution >= 4 is 0 Å². The molecule has 2 unspecified atom stereocenters. The second-order valence-corrected chi connectivity index (χ2v) is 5.05. The third-order valence-corrected chi connectivity index (χ3v) is 3.26. The normalized spacial score (nSPS) is 18.2. The van der Waals surface area contributed by atoms with E-state index in [1.54, 1.807) is 0 Å². The molecule has 0 rings (SSSR count). The van der Waals surface area contributed by atoms with Gasteiger partial charge < -0.3 is 10.2 Å². The van der Waals surface area contributed by atoms with Gasteiger partial charge in [0, 0.05) is 0 Å². The van der Waals surface area contributed by atoms with E-state index in [0.717, 1.165) is 6.92 Å². The summed E-state index contributed by atoms with van der Waals surface area (Å²) >= 11 is 0. The Morgan fingerprint density at radius 1 is 1.31 bits per heavy atom. The minimum Gasteiger partial charge on any atom is -0.507 e. The first-order valence-corrected chi connectivity index (χ1v) is 5.51. The van der Waals surface area contributed by atoms with Crippen LogP contribution in [0.2, 0.25) is 0 Å². The van der Waals surface area contributed by atoms with Gasteiger partial charge in [0.05, 0.1) is 0 Å². The number of halogens is 2. The highest BCUT2D eigenvalue weighted by molar-refractivity contribution is 5.07. The molecule has 0 heterocycles. The molecule has 0 amide bonds. The van der Waals surface area contributed by atoms with Crippen molar-refractivity contribution in [1.82, 2.24) is 0 Å². The summed E-state index contributed by atoms with van der Waals surface area (Å²) in [4.78, 5) is 0. The lowest BCUT2D eigenvalue weighted by molar-refractivity contribution is -0.168. The Kier molecular flexibility index (Phi) is 4.92. The van der Waals surface area contributed by atoms with Gasteiger partial charge >= 0.3 is 5.92 Å². The fourth-order valence-electron chi connectivity index (χ4n) is 1.31. The van der Waals surface area contributed by atoms with Gasteiger partial charge in [-0.2, -0.15) is 8.78 Å². The lowest BCUT2D eigenvalue weighted by Gasteiger charge is -2.33. The van der Waals surface area contributed by atoms with Crippen molar-refractivity contribution in [2.75, 3.05) is 0 Å². The first kappa shape index (κ1) is 15.4. The molecular formula is C12H22F2O2. The standard InChI is InChI=1S/C12H22F2O2/c1-8(2)9(3)6-7-11(5,16)12(13,14)10(4)15/h8-9,15-16H,4,6-7H2,1-3,5H3. The van der Waals surface area contributed by atoms with Crippen LogP contribution < -0.4 is 0 Å². The zero-order valence-corrected chi connectivity index (χ0v) is 10.4.